The minimum atomic E-state index is -0.939. The number of nitrogens with one attached hydrogen (secondary N) is 1. The Morgan fingerprint density at radius 1 is 0.872 bits per heavy atom. The maximum Gasteiger partial charge on any atom is 0.407 e. The molecule has 4 aromatic rings. The van der Waals surface area contributed by atoms with Crippen molar-refractivity contribution in [1.82, 2.24) is 15.4 Å². The van der Waals surface area contributed by atoms with Gasteiger partial charge in [-0.25, -0.2) is 14.6 Å². The van der Waals surface area contributed by atoms with Crippen LogP contribution in [0.2, 0.25) is 0 Å². The first-order chi connectivity index (χ1) is 18.9. The lowest BCUT2D eigenvalue weighted by Gasteiger charge is -2.14. The van der Waals surface area contributed by atoms with Gasteiger partial charge in [-0.3, -0.25) is 9.59 Å². The maximum absolute atomic E-state index is 12.7. The van der Waals surface area contributed by atoms with Gasteiger partial charge in [-0.1, -0.05) is 65.7 Å². The molecule has 1 N–H and O–H groups in total. The van der Waals surface area contributed by atoms with Crippen molar-refractivity contribution in [1.29, 1.82) is 0 Å². The second-order valence-electron chi connectivity index (χ2n) is 9.02. The lowest BCUT2D eigenvalue weighted by molar-refractivity contribution is -0.0588. The van der Waals surface area contributed by atoms with Gasteiger partial charge in [-0.15, -0.1) is 11.3 Å². The molecule has 0 bridgehead atoms. The number of rotatable bonds is 6. The van der Waals surface area contributed by atoms with Crippen LogP contribution in [0.4, 0.5) is 4.79 Å². The third-order valence-electron chi connectivity index (χ3n) is 6.69. The number of amides is 3. The van der Waals surface area contributed by atoms with E-state index >= 15 is 0 Å². The van der Waals surface area contributed by atoms with E-state index in [0.717, 1.165) is 22.3 Å². The largest absolute Gasteiger partial charge is 0.449 e. The van der Waals surface area contributed by atoms with Gasteiger partial charge in [0.1, 0.15) is 11.6 Å². The fraction of sp³-hybridized carbons (Fsp3) is 0.138. The first-order valence-electron chi connectivity index (χ1n) is 12.2. The highest BCUT2D eigenvalue weighted by molar-refractivity contribution is 7.11. The Bertz CT molecular complexity index is 1580. The SMILES string of the molecule is Cc1sc(CNC(=O)OCC2c3ccccc3-c3ccccc32)nc1C(=O)ON1C(=O)c2ccccc2C1=O. The summed E-state index contributed by atoms with van der Waals surface area (Å²) < 4.78 is 5.54. The van der Waals surface area contributed by atoms with Crippen molar-refractivity contribution in [3.05, 3.63) is 111 Å². The highest BCUT2D eigenvalue weighted by atomic mass is 32.1. The average Bonchev–Trinajstić information content (AvgIpc) is 3.57. The summed E-state index contributed by atoms with van der Waals surface area (Å²) in [7, 11) is 0. The summed E-state index contributed by atoms with van der Waals surface area (Å²) in [6, 6.07) is 22.4. The van der Waals surface area contributed by atoms with Crippen molar-refractivity contribution in [2.75, 3.05) is 6.61 Å². The Kier molecular flexibility index (Phi) is 6.16. The van der Waals surface area contributed by atoms with E-state index in [0.29, 0.717) is 14.9 Å². The number of hydrogen-bond donors (Lipinski definition) is 1. The Hall–Kier alpha value is -4.83. The second-order valence-corrected chi connectivity index (χ2v) is 10.3. The minimum absolute atomic E-state index is 0.0302. The fourth-order valence-corrected chi connectivity index (χ4v) is 5.75. The highest BCUT2D eigenvalue weighted by Crippen LogP contribution is 2.44. The molecule has 0 atom stereocenters. The third kappa shape index (κ3) is 4.34. The Balaban J connectivity index is 1.06. The number of alkyl carbamates (subject to hydrolysis) is 1. The fourth-order valence-electron chi connectivity index (χ4n) is 4.89. The average molecular weight is 540 g/mol. The molecule has 0 saturated carbocycles. The molecule has 9 nitrogen and oxygen atoms in total. The molecule has 10 heteroatoms. The summed E-state index contributed by atoms with van der Waals surface area (Å²) in [5, 5.41) is 3.55. The lowest BCUT2D eigenvalue weighted by Crippen LogP contribution is -2.33. The van der Waals surface area contributed by atoms with Crippen molar-refractivity contribution in [3.63, 3.8) is 0 Å². The predicted octanol–water partition coefficient (Wildman–Crippen LogP) is 4.86. The molecule has 0 radical (unpaired) electrons. The van der Waals surface area contributed by atoms with Crippen LogP contribution in [0.1, 0.15) is 58.1 Å². The second kappa shape index (κ2) is 9.80. The summed E-state index contributed by atoms with van der Waals surface area (Å²) in [4.78, 5) is 60.1. The van der Waals surface area contributed by atoms with Crippen molar-refractivity contribution in [3.8, 4) is 11.1 Å². The molecule has 3 aromatic carbocycles. The quantitative estimate of drug-likeness (QED) is 0.348. The first kappa shape index (κ1) is 24.5. The van der Waals surface area contributed by atoms with E-state index in [2.05, 4.69) is 22.4 Å². The number of fused-ring (bicyclic) bond motifs is 4. The minimum Gasteiger partial charge on any atom is -0.449 e. The van der Waals surface area contributed by atoms with Crippen LogP contribution in [-0.2, 0) is 16.1 Å². The van der Waals surface area contributed by atoms with E-state index in [4.69, 9.17) is 9.57 Å². The molecule has 1 aliphatic heterocycles. The molecule has 0 spiro atoms. The molecule has 1 aliphatic carbocycles. The molecule has 0 fully saturated rings. The van der Waals surface area contributed by atoms with Gasteiger partial charge in [-0.05, 0) is 41.3 Å². The third-order valence-corrected chi connectivity index (χ3v) is 7.66. The number of aromatic nitrogens is 1. The Labute approximate surface area is 227 Å². The number of carbonyl (C=O) groups excluding carboxylic acids is 4. The van der Waals surface area contributed by atoms with Gasteiger partial charge in [0.25, 0.3) is 11.8 Å². The number of hydrogen-bond acceptors (Lipinski definition) is 8. The van der Waals surface area contributed by atoms with Crippen molar-refractivity contribution < 1.29 is 28.8 Å². The van der Waals surface area contributed by atoms with Crippen LogP contribution in [0.5, 0.6) is 0 Å². The van der Waals surface area contributed by atoms with Crippen LogP contribution in [0, 0.1) is 6.92 Å². The molecule has 1 aromatic heterocycles. The van der Waals surface area contributed by atoms with Gasteiger partial charge in [0.2, 0.25) is 0 Å². The zero-order valence-electron chi connectivity index (χ0n) is 20.7. The molecule has 0 saturated heterocycles. The summed E-state index contributed by atoms with van der Waals surface area (Å²) in [6.07, 6.45) is -0.611. The number of benzene rings is 3. The van der Waals surface area contributed by atoms with Crippen LogP contribution in [0.3, 0.4) is 0 Å². The van der Waals surface area contributed by atoms with Gasteiger partial charge in [-0.2, -0.15) is 0 Å². The highest BCUT2D eigenvalue weighted by Gasteiger charge is 2.39. The van der Waals surface area contributed by atoms with E-state index in [1.807, 2.05) is 36.4 Å². The molecule has 0 unspecified atom stereocenters. The number of aryl methyl sites for hydroxylation is 1. The molecule has 2 heterocycles. The monoisotopic (exact) mass is 539 g/mol. The molecular formula is C29H21N3O6S. The number of ether oxygens (including phenoxy) is 1. The lowest BCUT2D eigenvalue weighted by atomic mass is 9.98. The molecule has 2 aliphatic rings. The molecule has 6 rings (SSSR count). The van der Waals surface area contributed by atoms with Gasteiger partial charge in [0.15, 0.2) is 5.69 Å². The molecular weight excluding hydrogens is 518 g/mol. The summed E-state index contributed by atoms with van der Waals surface area (Å²) in [5.74, 6) is -2.43. The number of hydroxylamine groups is 2. The topological polar surface area (TPSA) is 115 Å². The van der Waals surface area contributed by atoms with E-state index in [1.165, 1.54) is 23.5 Å². The smallest absolute Gasteiger partial charge is 0.407 e. The summed E-state index contributed by atoms with van der Waals surface area (Å²) in [5.41, 5.74) is 4.80. The maximum atomic E-state index is 12.7. The molecule has 194 valence electrons. The zero-order chi connectivity index (χ0) is 27.1. The first-order valence-corrected chi connectivity index (χ1v) is 13.0. The zero-order valence-corrected chi connectivity index (χ0v) is 21.5. The predicted molar refractivity (Wildman–Crippen MR) is 141 cm³/mol. The van der Waals surface area contributed by atoms with E-state index in [-0.39, 0.29) is 35.9 Å². The van der Waals surface area contributed by atoms with Crippen LogP contribution < -0.4 is 5.32 Å². The summed E-state index contributed by atoms with van der Waals surface area (Å²) in [6.45, 7) is 1.87. The number of thiazole rings is 1. The van der Waals surface area contributed by atoms with Gasteiger partial charge < -0.3 is 14.9 Å². The van der Waals surface area contributed by atoms with Crippen LogP contribution in [-0.4, -0.2) is 40.5 Å². The van der Waals surface area contributed by atoms with Crippen LogP contribution >= 0.6 is 11.3 Å². The van der Waals surface area contributed by atoms with E-state index in [1.54, 1.807) is 19.1 Å². The van der Waals surface area contributed by atoms with E-state index in [9.17, 15) is 19.2 Å². The Morgan fingerprint density at radius 2 is 1.41 bits per heavy atom. The molecule has 39 heavy (non-hydrogen) atoms. The van der Waals surface area contributed by atoms with Gasteiger partial charge in [0.05, 0.1) is 17.7 Å². The van der Waals surface area contributed by atoms with E-state index < -0.39 is 23.9 Å². The number of carbonyl (C=O) groups is 4. The summed E-state index contributed by atoms with van der Waals surface area (Å²) >= 11 is 1.19. The Morgan fingerprint density at radius 3 is 2.00 bits per heavy atom. The van der Waals surface area contributed by atoms with Crippen LogP contribution in [0.25, 0.3) is 11.1 Å². The standard InChI is InChI=1S/C29H21N3O6S/c1-16-25(28(35)38-32-26(33)21-12-6-7-13-22(21)27(32)34)31-24(39-16)14-30-29(36)37-15-23-19-10-4-2-8-17(19)18-9-3-5-11-20(18)23/h2-13,23H,14-15H2,1H3,(H,30,36). The molecule has 3 amide bonds. The number of imide groups is 1. The van der Waals surface area contributed by atoms with Gasteiger partial charge >= 0.3 is 12.1 Å². The number of nitrogens with zero attached hydrogens (tertiary/aromatic N) is 2. The van der Waals surface area contributed by atoms with Crippen molar-refractivity contribution >= 4 is 35.2 Å². The van der Waals surface area contributed by atoms with Crippen molar-refractivity contribution in [2.45, 2.75) is 19.4 Å². The van der Waals surface area contributed by atoms with Gasteiger partial charge in [0, 0.05) is 10.8 Å². The normalized spacial score (nSPS) is 13.6. The van der Waals surface area contributed by atoms with Crippen LogP contribution in [0.15, 0.2) is 72.8 Å². The van der Waals surface area contributed by atoms with Crippen molar-refractivity contribution in [2.24, 2.45) is 0 Å².